The third-order valence-electron chi connectivity index (χ3n) is 5.08. The Morgan fingerprint density at radius 3 is 2.48 bits per heavy atom. The van der Waals surface area contributed by atoms with Crippen LogP contribution in [-0.2, 0) is 16.1 Å². The molecular weight excluding hydrogens is 316 g/mol. The lowest BCUT2D eigenvalue weighted by molar-refractivity contribution is -0.129. The standard InChI is InChI=1S/C20H28N2O3/c1-14-4-2-3-5-18(14)25-13-19(23)21-12-15-6-8-16(9-7-15)20(24)22-17-10-11-17/h6-9,14,17-18H,2-5,10-13H2,1H3,(H,21,23)(H,22,24)/t14-,18+/m0/s1. The molecule has 25 heavy (non-hydrogen) atoms. The van der Waals surface area contributed by atoms with Gasteiger partial charge in [-0.1, -0.05) is 31.9 Å². The van der Waals surface area contributed by atoms with Gasteiger partial charge in [0.15, 0.2) is 0 Å². The number of carbonyl (C=O) groups is 2. The highest BCUT2D eigenvalue weighted by Gasteiger charge is 2.24. The number of rotatable bonds is 7. The van der Waals surface area contributed by atoms with Crippen molar-refractivity contribution in [3.8, 4) is 0 Å². The van der Waals surface area contributed by atoms with E-state index in [0.29, 0.717) is 24.1 Å². The molecule has 1 aromatic carbocycles. The molecule has 0 spiro atoms. The van der Waals surface area contributed by atoms with Crippen molar-refractivity contribution in [1.29, 1.82) is 0 Å². The Balaban J connectivity index is 1.38. The lowest BCUT2D eigenvalue weighted by atomic mass is 9.88. The number of amides is 2. The number of carbonyl (C=O) groups excluding carboxylic acids is 2. The summed E-state index contributed by atoms with van der Waals surface area (Å²) in [4.78, 5) is 23.9. The third-order valence-corrected chi connectivity index (χ3v) is 5.08. The summed E-state index contributed by atoms with van der Waals surface area (Å²) >= 11 is 0. The second kappa shape index (κ2) is 8.48. The van der Waals surface area contributed by atoms with E-state index < -0.39 is 0 Å². The number of hydrogen-bond acceptors (Lipinski definition) is 3. The normalized spacial score (nSPS) is 23.1. The first-order valence-electron chi connectivity index (χ1n) is 9.40. The van der Waals surface area contributed by atoms with Crippen molar-refractivity contribution in [2.75, 3.05) is 6.61 Å². The average Bonchev–Trinajstić information content (AvgIpc) is 3.43. The Labute approximate surface area is 149 Å². The highest BCUT2D eigenvalue weighted by Crippen LogP contribution is 2.26. The van der Waals surface area contributed by atoms with Crippen molar-refractivity contribution in [2.24, 2.45) is 5.92 Å². The summed E-state index contributed by atoms with van der Waals surface area (Å²) in [6.45, 7) is 2.77. The molecule has 2 aliphatic carbocycles. The first-order valence-corrected chi connectivity index (χ1v) is 9.40. The van der Waals surface area contributed by atoms with Gasteiger partial charge in [-0.15, -0.1) is 0 Å². The molecule has 0 aromatic heterocycles. The predicted octanol–water partition coefficient (Wildman–Crippen LogP) is 2.79. The Bertz CT molecular complexity index is 595. The molecule has 0 heterocycles. The van der Waals surface area contributed by atoms with Gasteiger partial charge in [0.25, 0.3) is 5.91 Å². The fourth-order valence-electron chi connectivity index (χ4n) is 3.23. The summed E-state index contributed by atoms with van der Waals surface area (Å²) in [5, 5.41) is 5.85. The molecule has 1 aromatic rings. The molecule has 2 atom stereocenters. The first-order chi connectivity index (χ1) is 12.1. The highest BCUT2D eigenvalue weighted by atomic mass is 16.5. The van der Waals surface area contributed by atoms with Crippen LogP contribution in [0.2, 0.25) is 0 Å². The quantitative estimate of drug-likeness (QED) is 0.799. The Morgan fingerprint density at radius 1 is 1.08 bits per heavy atom. The zero-order valence-corrected chi connectivity index (χ0v) is 14.9. The summed E-state index contributed by atoms with van der Waals surface area (Å²) in [5.74, 6) is 0.428. The van der Waals surface area contributed by atoms with Crippen molar-refractivity contribution in [3.05, 3.63) is 35.4 Å². The van der Waals surface area contributed by atoms with Gasteiger partial charge in [0.2, 0.25) is 5.91 Å². The largest absolute Gasteiger partial charge is 0.368 e. The van der Waals surface area contributed by atoms with Crippen molar-refractivity contribution in [1.82, 2.24) is 10.6 Å². The van der Waals surface area contributed by atoms with Crippen molar-refractivity contribution >= 4 is 11.8 Å². The molecular formula is C20H28N2O3. The van der Waals surface area contributed by atoms with Gasteiger partial charge in [0, 0.05) is 18.2 Å². The second-order valence-corrected chi connectivity index (χ2v) is 7.33. The molecule has 2 saturated carbocycles. The summed E-state index contributed by atoms with van der Waals surface area (Å²) < 4.78 is 5.77. The first kappa shape index (κ1) is 17.9. The monoisotopic (exact) mass is 344 g/mol. The molecule has 5 nitrogen and oxygen atoms in total. The zero-order chi connectivity index (χ0) is 17.6. The smallest absolute Gasteiger partial charge is 0.251 e. The van der Waals surface area contributed by atoms with Gasteiger partial charge in [0.05, 0.1) is 6.10 Å². The number of hydrogen-bond donors (Lipinski definition) is 2. The zero-order valence-electron chi connectivity index (χ0n) is 14.9. The van der Waals surface area contributed by atoms with Crippen LogP contribution in [0.5, 0.6) is 0 Å². The van der Waals surface area contributed by atoms with Gasteiger partial charge in [-0.2, -0.15) is 0 Å². The van der Waals surface area contributed by atoms with Crippen LogP contribution < -0.4 is 10.6 Å². The number of nitrogens with one attached hydrogen (secondary N) is 2. The van der Waals surface area contributed by atoms with E-state index in [4.69, 9.17) is 4.74 Å². The molecule has 3 rings (SSSR count). The van der Waals surface area contributed by atoms with Crippen molar-refractivity contribution in [3.63, 3.8) is 0 Å². The van der Waals surface area contributed by atoms with Crippen LogP contribution in [0.1, 0.15) is 61.4 Å². The van der Waals surface area contributed by atoms with Crippen LogP contribution in [0.3, 0.4) is 0 Å². The topological polar surface area (TPSA) is 67.4 Å². The van der Waals surface area contributed by atoms with Crippen molar-refractivity contribution in [2.45, 2.75) is 64.1 Å². The van der Waals surface area contributed by atoms with E-state index in [1.807, 2.05) is 12.1 Å². The molecule has 2 fully saturated rings. The Hall–Kier alpha value is -1.88. The number of ether oxygens (including phenoxy) is 1. The van der Waals surface area contributed by atoms with Crippen LogP contribution >= 0.6 is 0 Å². The van der Waals surface area contributed by atoms with E-state index in [1.54, 1.807) is 12.1 Å². The maximum absolute atomic E-state index is 12.0. The molecule has 0 radical (unpaired) electrons. The van der Waals surface area contributed by atoms with E-state index in [9.17, 15) is 9.59 Å². The predicted molar refractivity (Wildman–Crippen MR) is 96.1 cm³/mol. The molecule has 136 valence electrons. The molecule has 2 amide bonds. The molecule has 0 aliphatic heterocycles. The van der Waals surface area contributed by atoms with Gasteiger partial charge in [-0.3, -0.25) is 9.59 Å². The minimum Gasteiger partial charge on any atom is -0.368 e. The van der Waals surface area contributed by atoms with Crippen LogP contribution in [0.25, 0.3) is 0 Å². The average molecular weight is 344 g/mol. The Morgan fingerprint density at radius 2 is 1.80 bits per heavy atom. The lowest BCUT2D eigenvalue weighted by Crippen LogP contribution is -2.32. The van der Waals surface area contributed by atoms with E-state index in [-0.39, 0.29) is 24.5 Å². The molecule has 0 saturated heterocycles. The summed E-state index contributed by atoms with van der Waals surface area (Å²) in [7, 11) is 0. The van der Waals surface area contributed by atoms with Crippen LogP contribution in [-0.4, -0.2) is 30.6 Å². The molecule has 0 unspecified atom stereocenters. The van der Waals surface area contributed by atoms with Gasteiger partial charge in [0.1, 0.15) is 6.61 Å². The van der Waals surface area contributed by atoms with E-state index in [0.717, 1.165) is 24.8 Å². The van der Waals surface area contributed by atoms with Crippen LogP contribution in [0.15, 0.2) is 24.3 Å². The summed E-state index contributed by atoms with van der Waals surface area (Å²) in [6, 6.07) is 7.73. The molecule has 2 aliphatic rings. The van der Waals surface area contributed by atoms with Gasteiger partial charge in [-0.05, 0) is 49.3 Å². The minimum atomic E-state index is -0.0895. The molecule has 0 bridgehead atoms. The Kier molecular flexibility index (Phi) is 6.08. The maximum atomic E-state index is 12.0. The highest BCUT2D eigenvalue weighted by molar-refractivity contribution is 5.94. The van der Waals surface area contributed by atoms with Gasteiger partial charge >= 0.3 is 0 Å². The fraction of sp³-hybridized carbons (Fsp3) is 0.600. The second-order valence-electron chi connectivity index (χ2n) is 7.33. The molecule has 5 heteroatoms. The summed E-state index contributed by atoms with van der Waals surface area (Å²) in [6.07, 6.45) is 7.07. The van der Waals surface area contributed by atoms with Crippen LogP contribution in [0.4, 0.5) is 0 Å². The van der Waals surface area contributed by atoms with Crippen LogP contribution in [0, 0.1) is 5.92 Å². The van der Waals surface area contributed by atoms with Gasteiger partial charge in [-0.25, -0.2) is 0 Å². The van der Waals surface area contributed by atoms with Gasteiger partial charge < -0.3 is 15.4 Å². The number of benzene rings is 1. The maximum Gasteiger partial charge on any atom is 0.251 e. The summed E-state index contributed by atoms with van der Waals surface area (Å²) in [5.41, 5.74) is 1.64. The lowest BCUT2D eigenvalue weighted by Gasteiger charge is -2.28. The van der Waals surface area contributed by atoms with Crippen molar-refractivity contribution < 1.29 is 14.3 Å². The van der Waals surface area contributed by atoms with E-state index >= 15 is 0 Å². The minimum absolute atomic E-state index is 0.0203. The molecule has 2 N–H and O–H groups in total. The SMILES string of the molecule is C[C@H]1CCCC[C@H]1OCC(=O)NCc1ccc(C(=O)NC2CC2)cc1. The third kappa shape index (κ3) is 5.56. The van der Waals surface area contributed by atoms with E-state index in [2.05, 4.69) is 17.6 Å². The van der Waals surface area contributed by atoms with E-state index in [1.165, 1.54) is 19.3 Å². The fourth-order valence-corrected chi connectivity index (χ4v) is 3.23.